The molecule has 1 saturated heterocycles. The highest BCUT2D eigenvalue weighted by molar-refractivity contribution is 5.86. The van der Waals surface area contributed by atoms with Crippen molar-refractivity contribution in [3.05, 3.63) is 48.0 Å². The van der Waals surface area contributed by atoms with E-state index in [1.807, 2.05) is 17.0 Å². The first kappa shape index (κ1) is 17.3. The normalized spacial score (nSPS) is 31.2. The van der Waals surface area contributed by atoms with Gasteiger partial charge in [0.15, 0.2) is 0 Å². The third-order valence-electron chi connectivity index (χ3n) is 6.61. The lowest BCUT2D eigenvalue weighted by Gasteiger charge is -2.44. The smallest absolute Gasteiger partial charge is 0.307 e. The number of carbonyl (C=O) groups is 2. The Labute approximate surface area is 154 Å². The zero-order chi connectivity index (χ0) is 18.1. The number of carboxylic acids is 1. The summed E-state index contributed by atoms with van der Waals surface area (Å²) in [6.07, 6.45) is 9.07. The van der Waals surface area contributed by atoms with Gasteiger partial charge >= 0.3 is 5.97 Å². The quantitative estimate of drug-likeness (QED) is 0.844. The Balaban J connectivity index is 1.39. The van der Waals surface area contributed by atoms with E-state index in [0.717, 1.165) is 45.2 Å². The molecule has 1 saturated carbocycles. The fourth-order valence-corrected chi connectivity index (χ4v) is 5.18. The summed E-state index contributed by atoms with van der Waals surface area (Å²) < 4.78 is 0. The summed E-state index contributed by atoms with van der Waals surface area (Å²) in [5, 5.41) is 9.68. The largest absolute Gasteiger partial charge is 0.481 e. The molecule has 138 valence electrons. The molecule has 0 radical (unpaired) electrons. The van der Waals surface area contributed by atoms with Crippen molar-refractivity contribution in [3.8, 4) is 0 Å². The SMILES string of the molecule is O=C(O)[C@H]1[C@@H](C(=O)N2CCC(Cc3ccccc3)CC2)[C@H]2C=C[C@H]1CC2. The highest BCUT2D eigenvalue weighted by Crippen LogP contribution is 2.46. The Morgan fingerprint density at radius 3 is 2.12 bits per heavy atom. The number of amides is 1. The molecule has 4 aliphatic rings. The lowest BCUT2D eigenvalue weighted by atomic mass is 9.61. The van der Waals surface area contributed by atoms with Gasteiger partial charge in [0.25, 0.3) is 0 Å². The van der Waals surface area contributed by atoms with Crippen LogP contribution >= 0.6 is 0 Å². The van der Waals surface area contributed by atoms with Gasteiger partial charge in [0.1, 0.15) is 0 Å². The zero-order valence-corrected chi connectivity index (χ0v) is 15.1. The summed E-state index contributed by atoms with van der Waals surface area (Å²) in [6.45, 7) is 1.53. The van der Waals surface area contributed by atoms with Crippen LogP contribution in [0, 0.1) is 29.6 Å². The fraction of sp³-hybridized carbons (Fsp3) is 0.545. The minimum atomic E-state index is -0.804. The Morgan fingerprint density at radius 2 is 1.54 bits per heavy atom. The summed E-state index contributed by atoms with van der Waals surface area (Å²) in [4.78, 5) is 26.9. The van der Waals surface area contributed by atoms with E-state index in [2.05, 4.69) is 30.3 Å². The third kappa shape index (κ3) is 3.29. The summed E-state index contributed by atoms with van der Waals surface area (Å²) in [7, 11) is 0. The number of fused-ring (bicyclic) bond motifs is 2. The van der Waals surface area contributed by atoms with E-state index in [9.17, 15) is 14.7 Å². The van der Waals surface area contributed by atoms with Crippen molar-refractivity contribution in [2.75, 3.05) is 13.1 Å². The Hall–Kier alpha value is -2.10. The van der Waals surface area contributed by atoms with E-state index in [1.54, 1.807) is 0 Å². The molecule has 4 atom stereocenters. The van der Waals surface area contributed by atoms with Crippen LogP contribution in [0.4, 0.5) is 0 Å². The summed E-state index contributed by atoms with van der Waals surface area (Å²) in [5.74, 6) is -0.872. The standard InChI is InChI=1S/C22H27NO3/c24-21(19-17-6-8-18(9-7-17)20(19)22(25)26)23-12-10-16(11-13-23)14-15-4-2-1-3-5-15/h1-6,8,16-20H,7,9-14H2,(H,25,26)/t17-,18-,19-,20+/m0/s1. The third-order valence-corrected chi connectivity index (χ3v) is 6.61. The van der Waals surface area contributed by atoms with E-state index in [-0.39, 0.29) is 23.7 Å². The van der Waals surface area contributed by atoms with Crippen molar-refractivity contribution in [2.24, 2.45) is 29.6 Å². The zero-order valence-electron chi connectivity index (χ0n) is 15.1. The summed E-state index contributed by atoms with van der Waals surface area (Å²) in [5.41, 5.74) is 1.36. The predicted molar refractivity (Wildman–Crippen MR) is 99.4 cm³/mol. The average Bonchev–Trinajstić information content (AvgIpc) is 2.69. The number of carbonyl (C=O) groups excluding carboxylic acids is 1. The van der Waals surface area contributed by atoms with Gasteiger partial charge in [-0.05, 0) is 55.4 Å². The van der Waals surface area contributed by atoms with Gasteiger partial charge in [-0.25, -0.2) is 0 Å². The monoisotopic (exact) mass is 353 g/mol. The molecule has 1 N–H and O–H groups in total. The van der Waals surface area contributed by atoms with Crippen LogP contribution in [-0.4, -0.2) is 35.0 Å². The number of aliphatic carboxylic acids is 1. The molecule has 0 unspecified atom stereocenters. The molecular formula is C22H27NO3. The van der Waals surface area contributed by atoms with Crippen LogP contribution < -0.4 is 0 Å². The Morgan fingerprint density at radius 1 is 0.923 bits per heavy atom. The lowest BCUT2D eigenvalue weighted by molar-refractivity contribution is -0.157. The lowest BCUT2D eigenvalue weighted by Crippen LogP contribution is -2.51. The molecule has 5 rings (SSSR count). The molecule has 4 nitrogen and oxygen atoms in total. The molecule has 1 aliphatic heterocycles. The number of hydrogen-bond acceptors (Lipinski definition) is 2. The maximum Gasteiger partial charge on any atom is 0.307 e. The highest BCUT2D eigenvalue weighted by Gasteiger charge is 2.49. The van der Waals surface area contributed by atoms with Crippen LogP contribution in [0.15, 0.2) is 42.5 Å². The molecule has 3 aliphatic carbocycles. The van der Waals surface area contributed by atoms with Crippen molar-refractivity contribution < 1.29 is 14.7 Å². The number of benzene rings is 1. The molecule has 1 heterocycles. The van der Waals surface area contributed by atoms with Crippen LogP contribution in [0.25, 0.3) is 0 Å². The van der Waals surface area contributed by atoms with E-state index >= 15 is 0 Å². The molecular weight excluding hydrogens is 326 g/mol. The summed E-state index contributed by atoms with van der Waals surface area (Å²) >= 11 is 0. The van der Waals surface area contributed by atoms with Crippen molar-refractivity contribution in [1.29, 1.82) is 0 Å². The van der Waals surface area contributed by atoms with E-state index in [0.29, 0.717) is 5.92 Å². The van der Waals surface area contributed by atoms with E-state index < -0.39 is 11.9 Å². The highest BCUT2D eigenvalue weighted by atomic mass is 16.4. The van der Waals surface area contributed by atoms with Gasteiger partial charge in [0.05, 0.1) is 11.8 Å². The molecule has 0 spiro atoms. The molecule has 2 bridgehead atoms. The Bertz CT molecular complexity index is 691. The molecule has 1 aromatic carbocycles. The van der Waals surface area contributed by atoms with Crippen LogP contribution in [-0.2, 0) is 16.0 Å². The second-order valence-corrected chi connectivity index (χ2v) is 8.14. The first-order valence-corrected chi connectivity index (χ1v) is 9.87. The Kier molecular flexibility index (Phi) is 4.84. The van der Waals surface area contributed by atoms with Crippen molar-refractivity contribution >= 4 is 11.9 Å². The minimum absolute atomic E-state index is 0.0297. The van der Waals surface area contributed by atoms with Gasteiger partial charge in [-0.3, -0.25) is 9.59 Å². The first-order chi connectivity index (χ1) is 12.6. The number of rotatable bonds is 4. The van der Waals surface area contributed by atoms with Crippen molar-refractivity contribution in [1.82, 2.24) is 4.90 Å². The van der Waals surface area contributed by atoms with Gasteiger partial charge in [0.2, 0.25) is 5.91 Å². The van der Waals surface area contributed by atoms with Crippen LogP contribution in [0.1, 0.15) is 31.2 Å². The predicted octanol–water partition coefficient (Wildman–Crippen LogP) is 3.38. The molecule has 26 heavy (non-hydrogen) atoms. The van der Waals surface area contributed by atoms with Crippen molar-refractivity contribution in [3.63, 3.8) is 0 Å². The van der Waals surface area contributed by atoms with E-state index in [4.69, 9.17) is 0 Å². The van der Waals surface area contributed by atoms with Crippen molar-refractivity contribution in [2.45, 2.75) is 32.1 Å². The van der Waals surface area contributed by atoms with Gasteiger partial charge in [-0.15, -0.1) is 0 Å². The molecule has 0 aromatic heterocycles. The first-order valence-electron chi connectivity index (χ1n) is 9.87. The number of allylic oxidation sites excluding steroid dienone is 2. The maximum atomic E-state index is 13.2. The van der Waals surface area contributed by atoms with Crippen LogP contribution in [0.3, 0.4) is 0 Å². The summed E-state index contributed by atoms with van der Waals surface area (Å²) in [6, 6.07) is 10.5. The van der Waals surface area contributed by atoms with Gasteiger partial charge in [-0.1, -0.05) is 42.5 Å². The van der Waals surface area contributed by atoms with Crippen LogP contribution in [0.5, 0.6) is 0 Å². The molecule has 4 heteroatoms. The topological polar surface area (TPSA) is 57.6 Å². The second-order valence-electron chi connectivity index (χ2n) is 8.14. The average molecular weight is 353 g/mol. The molecule has 1 amide bonds. The van der Waals surface area contributed by atoms with Crippen LogP contribution in [0.2, 0.25) is 0 Å². The molecule has 1 aromatic rings. The van der Waals surface area contributed by atoms with E-state index in [1.165, 1.54) is 5.56 Å². The fourth-order valence-electron chi connectivity index (χ4n) is 5.18. The maximum absolute atomic E-state index is 13.2. The van der Waals surface area contributed by atoms with Gasteiger partial charge in [-0.2, -0.15) is 0 Å². The number of nitrogens with zero attached hydrogens (tertiary/aromatic N) is 1. The van der Waals surface area contributed by atoms with Gasteiger partial charge < -0.3 is 10.0 Å². The minimum Gasteiger partial charge on any atom is -0.481 e. The van der Waals surface area contributed by atoms with Gasteiger partial charge in [0, 0.05) is 13.1 Å². The number of carboxylic acid groups (broad SMARTS) is 1. The number of hydrogen-bond donors (Lipinski definition) is 1. The molecule has 2 fully saturated rings. The number of likely N-dealkylation sites (tertiary alicyclic amines) is 1. The number of piperidine rings is 1. The second kappa shape index (κ2) is 7.26.